The topological polar surface area (TPSA) is 81.6 Å². The van der Waals surface area contributed by atoms with Crippen LogP contribution in [0.25, 0.3) is 22.6 Å². The van der Waals surface area contributed by atoms with Gasteiger partial charge in [0, 0.05) is 6.54 Å². The summed E-state index contributed by atoms with van der Waals surface area (Å²) < 4.78 is 16.5. The molecule has 1 amide bonds. The summed E-state index contributed by atoms with van der Waals surface area (Å²) in [5.74, 6) is 1.13. The Bertz CT molecular complexity index is 1260. The predicted molar refractivity (Wildman–Crippen MR) is 112 cm³/mol. The maximum absolute atomic E-state index is 13.9. The Balaban J connectivity index is 1.70. The Morgan fingerprint density at radius 3 is 2.87 bits per heavy atom. The summed E-state index contributed by atoms with van der Waals surface area (Å²) in [6.07, 6.45) is 3.37. The van der Waals surface area contributed by atoms with Gasteiger partial charge in [-0.2, -0.15) is 0 Å². The van der Waals surface area contributed by atoms with Crippen molar-refractivity contribution >= 4 is 22.7 Å². The number of ether oxygens (including phenoxy) is 1. The maximum atomic E-state index is 13.9. The molecule has 3 aromatic heterocycles. The van der Waals surface area contributed by atoms with Crippen molar-refractivity contribution in [1.29, 1.82) is 0 Å². The van der Waals surface area contributed by atoms with Crippen molar-refractivity contribution in [3.05, 3.63) is 59.0 Å². The van der Waals surface area contributed by atoms with Crippen molar-refractivity contribution < 1.29 is 18.5 Å². The lowest BCUT2D eigenvalue weighted by molar-refractivity contribution is 0.0986. The van der Waals surface area contributed by atoms with Gasteiger partial charge < -0.3 is 18.6 Å². The van der Waals surface area contributed by atoms with Crippen molar-refractivity contribution in [2.24, 2.45) is 0 Å². The van der Waals surface area contributed by atoms with Gasteiger partial charge in [0.25, 0.3) is 11.6 Å². The highest BCUT2D eigenvalue weighted by Gasteiger charge is 2.30. The summed E-state index contributed by atoms with van der Waals surface area (Å²) in [7, 11) is 1.63. The van der Waals surface area contributed by atoms with Crippen LogP contribution in [-0.2, 0) is 6.42 Å². The first kappa shape index (κ1) is 18.4. The van der Waals surface area contributed by atoms with Gasteiger partial charge in [-0.3, -0.25) is 4.79 Å². The molecule has 0 atom stereocenters. The quantitative estimate of drug-likeness (QED) is 0.493. The molecule has 0 spiro atoms. The molecule has 7 heteroatoms. The number of carbonyl (C=O) groups is 1. The van der Waals surface area contributed by atoms with Crippen molar-refractivity contribution in [2.75, 3.05) is 18.6 Å². The van der Waals surface area contributed by atoms with E-state index in [4.69, 9.17) is 13.7 Å². The third kappa shape index (κ3) is 2.77. The SMILES string of the molecule is COc1ccc(C)c2c1N(C(=O)c1cc(-c3ccco3)nc3onc(C)c13)CCC2. The maximum Gasteiger partial charge on any atom is 0.259 e. The second kappa shape index (κ2) is 7.02. The number of hydrogen-bond acceptors (Lipinski definition) is 6. The van der Waals surface area contributed by atoms with E-state index in [1.165, 1.54) is 0 Å². The smallest absolute Gasteiger partial charge is 0.259 e. The van der Waals surface area contributed by atoms with E-state index >= 15 is 0 Å². The zero-order valence-corrected chi connectivity index (χ0v) is 17.1. The van der Waals surface area contributed by atoms with E-state index in [0.717, 1.165) is 29.7 Å². The van der Waals surface area contributed by atoms with Crippen LogP contribution in [0.15, 0.2) is 45.5 Å². The van der Waals surface area contributed by atoms with Crippen LogP contribution in [0, 0.1) is 13.8 Å². The Kier molecular flexibility index (Phi) is 4.31. The molecule has 1 aromatic carbocycles. The number of furan rings is 1. The first-order valence-electron chi connectivity index (χ1n) is 9.87. The third-order valence-corrected chi connectivity index (χ3v) is 5.64. The number of carbonyl (C=O) groups excluding carboxylic acids is 1. The molecule has 0 bridgehead atoms. The molecule has 152 valence electrons. The molecule has 0 radical (unpaired) electrons. The number of amides is 1. The number of anilines is 1. The molecule has 4 aromatic rings. The number of hydrogen-bond donors (Lipinski definition) is 0. The lowest BCUT2D eigenvalue weighted by atomic mass is 9.95. The van der Waals surface area contributed by atoms with Crippen LogP contribution >= 0.6 is 0 Å². The van der Waals surface area contributed by atoms with E-state index < -0.39 is 0 Å². The second-order valence-corrected chi connectivity index (χ2v) is 7.45. The molecule has 30 heavy (non-hydrogen) atoms. The minimum Gasteiger partial charge on any atom is -0.495 e. The Labute approximate surface area is 173 Å². The molecule has 0 unspecified atom stereocenters. The average Bonchev–Trinajstić information content (AvgIpc) is 3.43. The first-order chi connectivity index (χ1) is 14.6. The Morgan fingerprint density at radius 2 is 2.10 bits per heavy atom. The molecule has 1 aliphatic heterocycles. The number of aromatic nitrogens is 2. The highest BCUT2D eigenvalue weighted by molar-refractivity contribution is 6.15. The van der Waals surface area contributed by atoms with E-state index in [1.807, 2.05) is 19.1 Å². The fourth-order valence-corrected chi connectivity index (χ4v) is 4.18. The van der Waals surface area contributed by atoms with Gasteiger partial charge in [-0.15, -0.1) is 0 Å². The normalized spacial score (nSPS) is 13.5. The van der Waals surface area contributed by atoms with E-state index in [0.29, 0.717) is 46.1 Å². The molecule has 1 aliphatic rings. The monoisotopic (exact) mass is 403 g/mol. The third-order valence-electron chi connectivity index (χ3n) is 5.64. The van der Waals surface area contributed by atoms with E-state index in [-0.39, 0.29) is 5.91 Å². The van der Waals surface area contributed by atoms with Crippen LogP contribution in [0.4, 0.5) is 5.69 Å². The van der Waals surface area contributed by atoms with Crippen LogP contribution < -0.4 is 9.64 Å². The molecule has 7 nitrogen and oxygen atoms in total. The minimum atomic E-state index is -0.133. The van der Waals surface area contributed by atoms with E-state index in [1.54, 1.807) is 36.5 Å². The average molecular weight is 403 g/mol. The molecular weight excluding hydrogens is 382 g/mol. The van der Waals surface area contributed by atoms with Gasteiger partial charge in [0.2, 0.25) is 0 Å². The molecule has 0 saturated carbocycles. The summed E-state index contributed by atoms with van der Waals surface area (Å²) in [4.78, 5) is 20.2. The van der Waals surface area contributed by atoms with Crippen LogP contribution in [0.3, 0.4) is 0 Å². The van der Waals surface area contributed by atoms with Gasteiger partial charge >= 0.3 is 0 Å². The molecule has 4 heterocycles. The van der Waals surface area contributed by atoms with Gasteiger partial charge in [-0.1, -0.05) is 11.2 Å². The zero-order chi connectivity index (χ0) is 20.8. The lowest BCUT2D eigenvalue weighted by Gasteiger charge is -2.32. The second-order valence-electron chi connectivity index (χ2n) is 7.45. The first-order valence-corrected chi connectivity index (χ1v) is 9.87. The molecule has 0 aliphatic carbocycles. The minimum absolute atomic E-state index is 0.133. The largest absolute Gasteiger partial charge is 0.495 e. The van der Waals surface area contributed by atoms with Crippen LogP contribution in [0.5, 0.6) is 5.75 Å². The van der Waals surface area contributed by atoms with Gasteiger partial charge in [0.05, 0.1) is 35.7 Å². The molecule has 0 saturated heterocycles. The zero-order valence-electron chi connectivity index (χ0n) is 17.1. The number of pyridine rings is 1. The lowest BCUT2D eigenvalue weighted by Crippen LogP contribution is -2.36. The number of aryl methyl sites for hydroxylation is 2. The predicted octanol–water partition coefficient (Wildman–Crippen LogP) is 4.70. The highest BCUT2D eigenvalue weighted by atomic mass is 16.5. The number of benzene rings is 1. The molecular formula is C23H21N3O4. The molecule has 0 fully saturated rings. The van der Waals surface area contributed by atoms with Crippen molar-refractivity contribution in [2.45, 2.75) is 26.7 Å². The number of rotatable bonds is 3. The summed E-state index contributed by atoms with van der Waals surface area (Å²) in [5, 5.41) is 4.65. The van der Waals surface area contributed by atoms with Gasteiger partial charge in [0.15, 0.2) is 5.76 Å². The van der Waals surface area contributed by atoms with Crippen molar-refractivity contribution in [1.82, 2.24) is 10.1 Å². The van der Waals surface area contributed by atoms with Crippen LogP contribution in [0.2, 0.25) is 0 Å². The fourth-order valence-electron chi connectivity index (χ4n) is 4.18. The van der Waals surface area contributed by atoms with Crippen LogP contribution in [0.1, 0.15) is 33.6 Å². The molecule has 0 N–H and O–H groups in total. The molecule has 5 rings (SSSR count). The summed E-state index contributed by atoms with van der Waals surface area (Å²) in [5.41, 5.74) is 5.10. The summed E-state index contributed by atoms with van der Waals surface area (Å²) in [6.45, 7) is 4.48. The van der Waals surface area contributed by atoms with Crippen molar-refractivity contribution in [3.8, 4) is 17.2 Å². The Hall–Kier alpha value is -3.61. The fraction of sp³-hybridized carbons (Fsp3) is 0.261. The van der Waals surface area contributed by atoms with Crippen LogP contribution in [-0.4, -0.2) is 29.7 Å². The number of methoxy groups -OCH3 is 1. The number of nitrogens with zero attached hydrogens (tertiary/aromatic N) is 3. The van der Waals surface area contributed by atoms with Gasteiger partial charge in [-0.25, -0.2) is 4.98 Å². The van der Waals surface area contributed by atoms with E-state index in [2.05, 4.69) is 17.1 Å². The van der Waals surface area contributed by atoms with E-state index in [9.17, 15) is 4.79 Å². The van der Waals surface area contributed by atoms with Gasteiger partial charge in [0.1, 0.15) is 11.4 Å². The summed E-state index contributed by atoms with van der Waals surface area (Å²) >= 11 is 0. The Morgan fingerprint density at radius 1 is 1.23 bits per heavy atom. The summed E-state index contributed by atoms with van der Waals surface area (Å²) in [6, 6.07) is 9.29. The standard InChI is InChI=1S/C23H21N3O4/c1-13-8-9-19(28-3)21-15(13)6-4-10-26(21)23(27)16-12-17(18-7-5-11-29-18)24-22-20(16)14(2)25-30-22/h5,7-9,11-12H,4,6,10H2,1-3H3. The highest BCUT2D eigenvalue weighted by Crippen LogP contribution is 2.40. The van der Waals surface area contributed by atoms with Gasteiger partial charge in [-0.05, 0) is 62.1 Å². The number of fused-ring (bicyclic) bond motifs is 2. The van der Waals surface area contributed by atoms with Crippen molar-refractivity contribution in [3.63, 3.8) is 0 Å².